The molecule has 1 rings (SSSR count). The summed E-state index contributed by atoms with van der Waals surface area (Å²) < 4.78 is 24.6. The van der Waals surface area contributed by atoms with Gasteiger partial charge in [-0.2, -0.15) is 0 Å². The van der Waals surface area contributed by atoms with Gasteiger partial charge in [-0.25, -0.2) is 13.1 Å². The highest BCUT2D eigenvalue weighted by molar-refractivity contribution is 7.88. The number of sulfonamides is 1. The third-order valence-corrected chi connectivity index (χ3v) is 4.22. The molecule has 1 unspecified atom stereocenters. The van der Waals surface area contributed by atoms with E-state index in [1.54, 1.807) is 0 Å². The van der Waals surface area contributed by atoms with Crippen LogP contribution in [0.25, 0.3) is 0 Å². The summed E-state index contributed by atoms with van der Waals surface area (Å²) in [6, 6.07) is 0.161. The molecule has 6 nitrogen and oxygen atoms in total. The average molecular weight is 305 g/mol. The summed E-state index contributed by atoms with van der Waals surface area (Å²) in [4.78, 5) is 14.1. The standard InChI is InChI=1S/C13H27N3O3S/c1-3-8-14-11-13(17)16-10-5-4-6-12(16)7-9-15-20(2,18)19/h12,14-15H,3-11H2,1-2H3. The van der Waals surface area contributed by atoms with Crippen molar-refractivity contribution in [2.45, 2.75) is 45.1 Å². The van der Waals surface area contributed by atoms with Crippen molar-refractivity contribution in [1.82, 2.24) is 14.9 Å². The maximum atomic E-state index is 12.2. The number of likely N-dealkylation sites (tertiary alicyclic amines) is 1. The summed E-state index contributed by atoms with van der Waals surface area (Å²) in [6.45, 7) is 4.48. The molecule has 20 heavy (non-hydrogen) atoms. The minimum Gasteiger partial charge on any atom is -0.339 e. The zero-order valence-corrected chi connectivity index (χ0v) is 13.3. The fraction of sp³-hybridized carbons (Fsp3) is 0.923. The normalized spacial score (nSPS) is 20.1. The monoisotopic (exact) mass is 305 g/mol. The SMILES string of the molecule is CCCNCC(=O)N1CCCCC1CCNS(C)(=O)=O. The molecule has 1 saturated heterocycles. The number of nitrogens with zero attached hydrogens (tertiary/aromatic N) is 1. The van der Waals surface area contributed by atoms with Gasteiger partial charge in [0.1, 0.15) is 0 Å². The Bertz CT molecular complexity index is 398. The number of carbonyl (C=O) groups excluding carboxylic acids is 1. The van der Waals surface area contributed by atoms with E-state index >= 15 is 0 Å². The molecule has 0 aromatic carbocycles. The number of piperidine rings is 1. The van der Waals surface area contributed by atoms with Gasteiger partial charge in [0.25, 0.3) is 0 Å². The molecule has 0 aromatic heterocycles. The largest absolute Gasteiger partial charge is 0.339 e. The Morgan fingerprint density at radius 2 is 2.05 bits per heavy atom. The first kappa shape index (κ1) is 17.4. The van der Waals surface area contributed by atoms with Crippen LogP contribution in [-0.2, 0) is 14.8 Å². The lowest BCUT2D eigenvalue weighted by atomic mass is 9.99. The van der Waals surface area contributed by atoms with Gasteiger partial charge >= 0.3 is 0 Å². The predicted octanol–water partition coefficient (Wildman–Crippen LogP) is 0.306. The molecule has 1 heterocycles. The number of carbonyl (C=O) groups is 1. The number of rotatable bonds is 8. The first-order valence-electron chi connectivity index (χ1n) is 7.39. The van der Waals surface area contributed by atoms with Crippen molar-refractivity contribution in [3.05, 3.63) is 0 Å². The second-order valence-corrected chi connectivity index (χ2v) is 7.20. The number of nitrogens with one attached hydrogen (secondary N) is 2. The van der Waals surface area contributed by atoms with Crippen LogP contribution < -0.4 is 10.0 Å². The first-order valence-corrected chi connectivity index (χ1v) is 9.28. The van der Waals surface area contributed by atoms with E-state index in [0.29, 0.717) is 19.5 Å². The molecule has 0 aliphatic carbocycles. The lowest BCUT2D eigenvalue weighted by molar-refractivity contribution is -0.134. The number of amides is 1. The highest BCUT2D eigenvalue weighted by Gasteiger charge is 2.25. The van der Waals surface area contributed by atoms with E-state index < -0.39 is 10.0 Å². The van der Waals surface area contributed by atoms with E-state index in [-0.39, 0.29) is 11.9 Å². The third kappa shape index (κ3) is 6.67. The van der Waals surface area contributed by atoms with Gasteiger partial charge in [0.15, 0.2) is 0 Å². The van der Waals surface area contributed by atoms with E-state index in [1.807, 2.05) is 4.90 Å². The van der Waals surface area contributed by atoms with Gasteiger partial charge in [-0.3, -0.25) is 4.79 Å². The fourth-order valence-electron chi connectivity index (χ4n) is 2.51. The molecule has 118 valence electrons. The molecule has 0 radical (unpaired) electrons. The van der Waals surface area contributed by atoms with E-state index in [0.717, 1.165) is 45.0 Å². The Morgan fingerprint density at radius 1 is 1.30 bits per heavy atom. The van der Waals surface area contributed by atoms with Crippen LogP contribution in [0.4, 0.5) is 0 Å². The molecule has 0 spiro atoms. The van der Waals surface area contributed by atoms with Gasteiger partial charge in [0, 0.05) is 19.1 Å². The lowest BCUT2D eigenvalue weighted by Gasteiger charge is -2.36. The summed E-state index contributed by atoms with van der Waals surface area (Å²) in [5, 5.41) is 3.13. The average Bonchev–Trinajstić information content (AvgIpc) is 2.38. The molecule has 1 aliphatic rings. The Balaban J connectivity index is 2.42. The van der Waals surface area contributed by atoms with Gasteiger partial charge < -0.3 is 10.2 Å². The minimum absolute atomic E-state index is 0.127. The van der Waals surface area contributed by atoms with Crippen molar-refractivity contribution < 1.29 is 13.2 Å². The molecule has 7 heteroatoms. The van der Waals surface area contributed by atoms with Crippen molar-refractivity contribution in [3.8, 4) is 0 Å². The van der Waals surface area contributed by atoms with E-state index in [2.05, 4.69) is 17.0 Å². The Hall–Kier alpha value is -0.660. The van der Waals surface area contributed by atoms with Crippen LogP contribution >= 0.6 is 0 Å². The van der Waals surface area contributed by atoms with Gasteiger partial charge in [-0.1, -0.05) is 6.92 Å². The van der Waals surface area contributed by atoms with E-state index in [4.69, 9.17) is 0 Å². The fourth-order valence-corrected chi connectivity index (χ4v) is 3.00. The topological polar surface area (TPSA) is 78.5 Å². The molecule has 1 atom stereocenters. The van der Waals surface area contributed by atoms with Crippen LogP contribution in [0.3, 0.4) is 0 Å². The predicted molar refractivity (Wildman–Crippen MR) is 80.0 cm³/mol. The number of hydrogen-bond donors (Lipinski definition) is 2. The van der Waals surface area contributed by atoms with Crippen molar-refractivity contribution in [1.29, 1.82) is 0 Å². The van der Waals surface area contributed by atoms with Crippen LogP contribution in [-0.4, -0.2) is 57.7 Å². The van der Waals surface area contributed by atoms with Gasteiger partial charge in [-0.05, 0) is 38.6 Å². The first-order chi connectivity index (χ1) is 9.44. The number of hydrogen-bond acceptors (Lipinski definition) is 4. The minimum atomic E-state index is -3.15. The van der Waals surface area contributed by atoms with Gasteiger partial charge in [0.2, 0.25) is 15.9 Å². The smallest absolute Gasteiger partial charge is 0.236 e. The summed E-state index contributed by atoms with van der Waals surface area (Å²) in [7, 11) is -3.15. The van der Waals surface area contributed by atoms with Crippen molar-refractivity contribution in [2.24, 2.45) is 0 Å². The van der Waals surface area contributed by atoms with E-state index in [9.17, 15) is 13.2 Å². The second kappa shape index (κ2) is 8.59. The maximum Gasteiger partial charge on any atom is 0.236 e. The molecule has 1 fully saturated rings. The molecule has 1 aliphatic heterocycles. The van der Waals surface area contributed by atoms with Crippen LogP contribution in [0.2, 0.25) is 0 Å². The molecule has 0 saturated carbocycles. The van der Waals surface area contributed by atoms with Crippen LogP contribution in [0, 0.1) is 0 Å². The lowest BCUT2D eigenvalue weighted by Crippen LogP contribution is -2.48. The van der Waals surface area contributed by atoms with Crippen LogP contribution in [0.5, 0.6) is 0 Å². The molecule has 0 bridgehead atoms. The second-order valence-electron chi connectivity index (χ2n) is 5.37. The third-order valence-electron chi connectivity index (χ3n) is 3.49. The Labute approximate surface area is 122 Å². The maximum absolute atomic E-state index is 12.2. The quantitative estimate of drug-likeness (QED) is 0.633. The zero-order valence-electron chi connectivity index (χ0n) is 12.5. The van der Waals surface area contributed by atoms with Gasteiger partial charge in [0.05, 0.1) is 12.8 Å². The van der Waals surface area contributed by atoms with Gasteiger partial charge in [-0.15, -0.1) is 0 Å². The highest BCUT2D eigenvalue weighted by Crippen LogP contribution is 2.19. The van der Waals surface area contributed by atoms with Crippen LogP contribution in [0.1, 0.15) is 39.0 Å². The molecular weight excluding hydrogens is 278 g/mol. The highest BCUT2D eigenvalue weighted by atomic mass is 32.2. The van der Waals surface area contributed by atoms with Crippen molar-refractivity contribution in [3.63, 3.8) is 0 Å². The summed E-state index contributed by atoms with van der Waals surface area (Å²) >= 11 is 0. The molecular formula is C13H27N3O3S. The zero-order chi connectivity index (χ0) is 15.0. The van der Waals surface area contributed by atoms with Crippen molar-refractivity contribution >= 4 is 15.9 Å². The van der Waals surface area contributed by atoms with Crippen LogP contribution in [0.15, 0.2) is 0 Å². The molecule has 1 amide bonds. The Morgan fingerprint density at radius 3 is 2.70 bits per heavy atom. The molecule has 0 aromatic rings. The summed E-state index contributed by atoms with van der Waals surface area (Å²) in [5.74, 6) is 0.127. The summed E-state index contributed by atoms with van der Waals surface area (Å²) in [5.41, 5.74) is 0. The molecule has 2 N–H and O–H groups in total. The Kier molecular flexibility index (Phi) is 7.47. The summed E-state index contributed by atoms with van der Waals surface area (Å²) in [6.07, 6.45) is 5.96. The van der Waals surface area contributed by atoms with E-state index in [1.165, 1.54) is 0 Å². The van der Waals surface area contributed by atoms with Crippen molar-refractivity contribution in [2.75, 3.05) is 32.4 Å².